The van der Waals surface area contributed by atoms with Crippen LogP contribution in [0.4, 0.5) is 5.69 Å². The van der Waals surface area contributed by atoms with E-state index in [0.717, 1.165) is 4.47 Å². The van der Waals surface area contributed by atoms with Gasteiger partial charge in [-0.05, 0) is 46.3 Å². The minimum atomic E-state index is -0.525. The number of carbonyl (C=O) groups is 1. The van der Waals surface area contributed by atoms with Crippen molar-refractivity contribution in [3.63, 3.8) is 0 Å². The number of halogens is 1. The number of nitrogens with one attached hydrogen (secondary N) is 1. The molecule has 0 aliphatic heterocycles. The average molecular weight is 338 g/mol. The van der Waals surface area contributed by atoms with Crippen LogP contribution in [0.5, 0.6) is 17.2 Å². The second kappa shape index (κ2) is 5.83. The number of benzene rings is 2. The van der Waals surface area contributed by atoms with Crippen molar-refractivity contribution in [2.24, 2.45) is 0 Å². The van der Waals surface area contributed by atoms with Crippen LogP contribution in [0, 0.1) is 0 Å². The average Bonchev–Trinajstić information content (AvgIpc) is 2.43. The van der Waals surface area contributed by atoms with Gasteiger partial charge in [-0.1, -0.05) is 0 Å². The molecule has 2 aromatic carbocycles. The summed E-state index contributed by atoms with van der Waals surface area (Å²) in [6.07, 6.45) is 0. The summed E-state index contributed by atoms with van der Waals surface area (Å²) >= 11 is 3.31. The van der Waals surface area contributed by atoms with Gasteiger partial charge in [0.05, 0.1) is 17.1 Å². The van der Waals surface area contributed by atoms with E-state index in [4.69, 9.17) is 4.74 Å². The Morgan fingerprint density at radius 3 is 2.65 bits per heavy atom. The molecule has 0 radical (unpaired) electrons. The zero-order valence-corrected chi connectivity index (χ0v) is 12.1. The highest BCUT2D eigenvalue weighted by Crippen LogP contribution is 2.29. The Hall–Kier alpha value is -2.21. The van der Waals surface area contributed by atoms with E-state index >= 15 is 0 Å². The van der Waals surface area contributed by atoms with Gasteiger partial charge in [0.2, 0.25) is 0 Å². The number of methoxy groups -OCH3 is 1. The molecule has 0 heterocycles. The topological polar surface area (TPSA) is 78.8 Å². The number of phenols is 2. The van der Waals surface area contributed by atoms with Crippen LogP contribution in [0.25, 0.3) is 0 Å². The lowest BCUT2D eigenvalue weighted by molar-refractivity contribution is 0.102. The molecular formula is C14H12BrNO4. The maximum Gasteiger partial charge on any atom is 0.259 e. The lowest BCUT2D eigenvalue weighted by Gasteiger charge is -2.09. The summed E-state index contributed by atoms with van der Waals surface area (Å²) in [5.74, 6) is -0.253. The molecular weight excluding hydrogens is 326 g/mol. The third-order valence-corrected chi connectivity index (χ3v) is 3.29. The van der Waals surface area contributed by atoms with E-state index in [1.165, 1.54) is 25.3 Å². The van der Waals surface area contributed by atoms with E-state index in [-0.39, 0.29) is 17.1 Å². The fraction of sp³-hybridized carbons (Fsp3) is 0.0714. The number of rotatable bonds is 3. The summed E-state index contributed by atoms with van der Waals surface area (Å²) < 4.78 is 5.89. The third-order valence-electron chi connectivity index (χ3n) is 2.63. The normalized spacial score (nSPS) is 10.1. The van der Waals surface area contributed by atoms with Crippen LogP contribution in [0.1, 0.15) is 10.4 Å². The summed E-state index contributed by atoms with van der Waals surface area (Å²) in [4.78, 5) is 12.0. The van der Waals surface area contributed by atoms with Gasteiger partial charge in [0.25, 0.3) is 5.91 Å². The van der Waals surface area contributed by atoms with E-state index < -0.39 is 5.91 Å². The van der Waals surface area contributed by atoms with Gasteiger partial charge < -0.3 is 20.3 Å². The Balaban J connectivity index is 2.25. The molecule has 0 bridgehead atoms. The Labute approximate surface area is 123 Å². The largest absolute Gasteiger partial charge is 0.508 e. The number of phenolic OH excluding ortho intramolecular Hbond substituents is 2. The molecule has 5 nitrogen and oxygen atoms in total. The number of anilines is 1. The quantitative estimate of drug-likeness (QED) is 0.752. The summed E-state index contributed by atoms with van der Waals surface area (Å²) in [6, 6.07) is 8.81. The SMILES string of the molecule is COc1cc(NC(=O)c2cc(O)ccc2O)ccc1Br. The van der Waals surface area contributed by atoms with E-state index in [9.17, 15) is 15.0 Å². The van der Waals surface area contributed by atoms with Crippen molar-refractivity contribution < 1.29 is 19.7 Å². The van der Waals surface area contributed by atoms with Crippen LogP contribution in [0.3, 0.4) is 0 Å². The van der Waals surface area contributed by atoms with Crippen LogP contribution in [-0.2, 0) is 0 Å². The van der Waals surface area contributed by atoms with Crippen molar-refractivity contribution in [3.05, 3.63) is 46.4 Å². The van der Waals surface area contributed by atoms with Crippen molar-refractivity contribution in [1.82, 2.24) is 0 Å². The number of hydrogen-bond donors (Lipinski definition) is 3. The maximum atomic E-state index is 12.0. The van der Waals surface area contributed by atoms with E-state index in [1.54, 1.807) is 18.2 Å². The molecule has 0 spiro atoms. The Morgan fingerprint density at radius 1 is 1.20 bits per heavy atom. The number of ether oxygens (including phenoxy) is 1. The molecule has 0 fully saturated rings. The molecule has 0 saturated carbocycles. The maximum absolute atomic E-state index is 12.0. The first-order valence-electron chi connectivity index (χ1n) is 5.68. The van der Waals surface area contributed by atoms with Crippen molar-refractivity contribution in [1.29, 1.82) is 0 Å². The monoisotopic (exact) mass is 337 g/mol. The summed E-state index contributed by atoms with van der Waals surface area (Å²) in [5, 5.41) is 21.6. The van der Waals surface area contributed by atoms with Crippen LogP contribution in [0.15, 0.2) is 40.9 Å². The van der Waals surface area contributed by atoms with Gasteiger partial charge in [0, 0.05) is 11.8 Å². The van der Waals surface area contributed by atoms with Gasteiger partial charge in [0.1, 0.15) is 17.2 Å². The fourth-order valence-electron chi connectivity index (χ4n) is 1.64. The molecule has 6 heteroatoms. The van der Waals surface area contributed by atoms with Crippen LogP contribution in [-0.4, -0.2) is 23.2 Å². The minimum Gasteiger partial charge on any atom is -0.508 e. The van der Waals surface area contributed by atoms with Crippen molar-refractivity contribution >= 4 is 27.5 Å². The molecule has 0 aliphatic carbocycles. The number of amides is 1. The molecule has 104 valence electrons. The van der Waals surface area contributed by atoms with Gasteiger partial charge in [-0.25, -0.2) is 0 Å². The third kappa shape index (κ3) is 3.03. The second-order valence-electron chi connectivity index (χ2n) is 4.00. The highest BCUT2D eigenvalue weighted by Gasteiger charge is 2.13. The first kappa shape index (κ1) is 14.2. The van der Waals surface area contributed by atoms with Crippen LogP contribution < -0.4 is 10.1 Å². The van der Waals surface area contributed by atoms with Crippen LogP contribution in [0.2, 0.25) is 0 Å². The lowest BCUT2D eigenvalue weighted by atomic mass is 10.1. The smallest absolute Gasteiger partial charge is 0.259 e. The van der Waals surface area contributed by atoms with Crippen LogP contribution >= 0.6 is 15.9 Å². The van der Waals surface area contributed by atoms with E-state index in [2.05, 4.69) is 21.2 Å². The summed E-state index contributed by atoms with van der Waals surface area (Å²) in [6.45, 7) is 0. The van der Waals surface area contributed by atoms with Gasteiger partial charge in [-0.15, -0.1) is 0 Å². The van der Waals surface area contributed by atoms with Crippen molar-refractivity contribution in [2.75, 3.05) is 12.4 Å². The molecule has 2 aromatic rings. The summed E-state index contributed by atoms with van der Waals surface area (Å²) in [5.41, 5.74) is 0.504. The molecule has 0 aliphatic rings. The van der Waals surface area contributed by atoms with Gasteiger partial charge in [-0.3, -0.25) is 4.79 Å². The van der Waals surface area contributed by atoms with E-state index in [1.807, 2.05) is 0 Å². The molecule has 0 unspecified atom stereocenters. The van der Waals surface area contributed by atoms with Gasteiger partial charge in [-0.2, -0.15) is 0 Å². The molecule has 0 atom stereocenters. The molecule has 20 heavy (non-hydrogen) atoms. The highest BCUT2D eigenvalue weighted by atomic mass is 79.9. The summed E-state index contributed by atoms with van der Waals surface area (Å²) in [7, 11) is 1.52. The fourth-order valence-corrected chi connectivity index (χ4v) is 2.05. The first-order valence-corrected chi connectivity index (χ1v) is 6.47. The van der Waals surface area contributed by atoms with E-state index in [0.29, 0.717) is 11.4 Å². The second-order valence-corrected chi connectivity index (χ2v) is 4.86. The van der Waals surface area contributed by atoms with Crippen molar-refractivity contribution in [3.8, 4) is 17.2 Å². The zero-order valence-electron chi connectivity index (χ0n) is 10.6. The Bertz CT molecular complexity index is 658. The highest BCUT2D eigenvalue weighted by molar-refractivity contribution is 9.10. The first-order chi connectivity index (χ1) is 9.51. The van der Waals surface area contributed by atoms with Gasteiger partial charge >= 0.3 is 0 Å². The number of aromatic hydroxyl groups is 2. The number of carbonyl (C=O) groups excluding carboxylic acids is 1. The number of hydrogen-bond acceptors (Lipinski definition) is 4. The predicted molar refractivity (Wildman–Crippen MR) is 78.4 cm³/mol. The van der Waals surface area contributed by atoms with Gasteiger partial charge in [0.15, 0.2) is 0 Å². The Kier molecular flexibility index (Phi) is 4.14. The molecule has 0 aromatic heterocycles. The minimum absolute atomic E-state index is 0.00751. The molecule has 1 amide bonds. The standard InChI is InChI=1S/C14H12BrNO4/c1-20-13-6-8(2-4-11(13)15)16-14(19)10-7-9(17)3-5-12(10)18/h2-7,17-18H,1H3,(H,16,19). The predicted octanol–water partition coefficient (Wildman–Crippen LogP) is 3.12. The van der Waals surface area contributed by atoms with Crippen molar-refractivity contribution in [2.45, 2.75) is 0 Å². The molecule has 0 saturated heterocycles. The lowest BCUT2D eigenvalue weighted by Crippen LogP contribution is -2.12. The Morgan fingerprint density at radius 2 is 1.95 bits per heavy atom. The zero-order chi connectivity index (χ0) is 14.7. The molecule has 2 rings (SSSR count). The molecule has 3 N–H and O–H groups in total.